The maximum atomic E-state index is 11.8. The Labute approximate surface area is 80.6 Å². The molecule has 1 aromatic heterocycles. The first-order valence-corrected chi connectivity index (χ1v) is 4.45. The molecule has 1 fully saturated rings. The Morgan fingerprint density at radius 2 is 2.07 bits per heavy atom. The van der Waals surface area contributed by atoms with Gasteiger partial charge >= 0.3 is 0 Å². The number of piperazine rings is 1. The minimum atomic E-state index is -0.155. The van der Waals surface area contributed by atoms with E-state index in [1.165, 1.54) is 0 Å². The van der Waals surface area contributed by atoms with E-state index in [1.54, 1.807) is 4.90 Å². The Hall–Kier alpha value is -1.63. The maximum Gasteiger partial charge on any atom is 0.278 e. The van der Waals surface area contributed by atoms with Gasteiger partial charge in [0.15, 0.2) is 11.5 Å². The zero-order valence-electron chi connectivity index (χ0n) is 7.66. The Kier molecular flexibility index (Phi) is 2.32. The van der Waals surface area contributed by atoms with Crippen LogP contribution in [0.3, 0.4) is 0 Å². The molecule has 0 unspecified atom stereocenters. The van der Waals surface area contributed by atoms with E-state index in [9.17, 15) is 4.79 Å². The smallest absolute Gasteiger partial charge is 0.278 e. The van der Waals surface area contributed by atoms with Crippen LogP contribution in [-0.4, -0.2) is 52.4 Å². The van der Waals surface area contributed by atoms with Crippen molar-refractivity contribution in [2.75, 3.05) is 31.9 Å². The van der Waals surface area contributed by atoms with Gasteiger partial charge in [0.05, 0.1) is 0 Å². The van der Waals surface area contributed by atoms with Crippen LogP contribution < -0.4 is 11.1 Å². The predicted molar refractivity (Wildman–Crippen MR) is 49.6 cm³/mol. The van der Waals surface area contributed by atoms with Crippen LogP contribution in [0.5, 0.6) is 0 Å². The zero-order chi connectivity index (χ0) is 9.97. The second-order valence-corrected chi connectivity index (χ2v) is 3.10. The van der Waals surface area contributed by atoms with E-state index in [2.05, 4.69) is 20.7 Å². The first kappa shape index (κ1) is 8.95. The van der Waals surface area contributed by atoms with Crippen LogP contribution in [0.4, 0.5) is 5.82 Å². The first-order chi connectivity index (χ1) is 6.79. The minimum absolute atomic E-state index is 0.155. The number of nitrogens with zero attached hydrogens (tertiary/aromatic N) is 3. The Morgan fingerprint density at radius 3 is 2.64 bits per heavy atom. The molecule has 1 amide bonds. The molecule has 1 aliphatic rings. The lowest BCUT2D eigenvalue weighted by molar-refractivity contribution is 0.0731. The molecule has 0 radical (unpaired) electrons. The number of nitrogen functional groups attached to an aromatic ring is 1. The fourth-order valence-corrected chi connectivity index (χ4v) is 1.41. The highest BCUT2D eigenvalue weighted by Crippen LogP contribution is 2.07. The van der Waals surface area contributed by atoms with Crippen LogP contribution >= 0.6 is 0 Å². The average molecular weight is 196 g/mol. The summed E-state index contributed by atoms with van der Waals surface area (Å²) in [5, 5.41) is 12.8. The third kappa shape index (κ3) is 1.53. The zero-order valence-corrected chi connectivity index (χ0v) is 7.66. The molecule has 2 heterocycles. The number of rotatable bonds is 1. The molecule has 2 rings (SSSR count). The summed E-state index contributed by atoms with van der Waals surface area (Å²) in [6.07, 6.45) is 0. The Balaban J connectivity index is 2.11. The largest absolute Gasteiger partial charge is 0.380 e. The van der Waals surface area contributed by atoms with Crippen molar-refractivity contribution < 1.29 is 4.79 Å². The molecular weight excluding hydrogens is 184 g/mol. The second-order valence-electron chi connectivity index (χ2n) is 3.10. The SMILES string of the molecule is Nc1n[nH]nc1C(=O)N1CCNCC1. The van der Waals surface area contributed by atoms with Crippen LogP contribution in [-0.2, 0) is 0 Å². The standard InChI is InChI=1S/C7H12N6O/c8-6-5(10-12-11-6)7(14)13-3-1-9-2-4-13/h9H,1-4H2,(H3,8,10,11,12). The lowest BCUT2D eigenvalue weighted by Gasteiger charge is -2.26. The monoisotopic (exact) mass is 196 g/mol. The molecule has 1 aromatic rings. The summed E-state index contributed by atoms with van der Waals surface area (Å²) >= 11 is 0. The van der Waals surface area contributed by atoms with Crippen molar-refractivity contribution in [3.05, 3.63) is 5.69 Å². The van der Waals surface area contributed by atoms with Crippen LogP contribution in [0.25, 0.3) is 0 Å². The van der Waals surface area contributed by atoms with Gasteiger partial charge in [-0.3, -0.25) is 4.79 Å². The van der Waals surface area contributed by atoms with Gasteiger partial charge in [0.2, 0.25) is 0 Å². The fourth-order valence-electron chi connectivity index (χ4n) is 1.41. The van der Waals surface area contributed by atoms with E-state index in [-0.39, 0.29) is 17.4 Å². The number of amides is 1. The molecule has 0 aromatic carbocycles. The molecule has 4 N–H and O–H groups in total. The van der Waals surface area contributed by atoms with Crippen molar-refractivity contribution in [1.29, 1.82) is 0 Å². The number of nitrogens with one attached hydrogen (secondary N) is 2. The lowest BCUT2D eigenvalue weighted by atomic mass is 10.3. The number of H-pyrrole nitrogens is 1. The van der Waals surface area contributed by atoms with E-state index in [4.69, 9.17) is 5.73 Å². The molecule has 0 atom stereocenters. The molecule has 7 heteroatoms. The number of aromatic amines is 1. The quantitative estimate of drug-likeness (QED) is 0.504. The van der Waals surface area contributed by atoms with Gasteiger partial charge in [-0.25, -0.2) is 0 Å². The fraction of sp³-hybridized carbons (Fsp3) is 0.571. The number of hydrogen-bond acceptors (Lipinski definition) is 5. The molecule has 1 aliphatic heterocycles. The number of nitrogens with two attached hydrogens (primary N) is 1. The highest BCUT2D eigenvalue weighted by Gasteiger charge is 2.22. The Morgan fingerprint density at radius 1 is 1.36 bits per heavy atom. The number of carbonyl (C=O) groups is 1. The summed E-state index contributed by atoms with van der Waals surface area (Å²) in [4.78, 5) is 13.5. The third-order valence-electron chi connectivity index (χ3n) is 2.18. The normalized spacial score (nSPS) is 17.0. The van der Waals surface area contributed by atoms with E-state index >= 15 is 0 Å². The van der Waals surface area contributed by atoms with Gasteiger partial charge in [0.1, 0.15) is 0 Å². The number of aromatic nitrogens is 3. The van der Waals surface area contributed by atoms with E-state index in [0.29, 0.717) is 13.1 Å². The van der Waals surface area contributed by atoms with E-state index < -0.39 is 0 Å². The molecule has 1 saturated heterocycles. The van der Waals surface area contributed by atoms with Crippen LogP contribution in [0, 0.1) is 0 Å². The molecule has 0 saturated carbocycles. The maximum absolute atomic E-state index is 11.8. The predicted octanol–water partition coefficient (Wildman–Crippen LogP) is -1.57. The number of carbonyl (C=O) groups excluding carboxylic acids is 1. The minimum Gasteiger partial charge on any atom is -0.380 e. The lowest BCUT2D eigenvalue weighted by Crippen LogP contribution is -2.46. The van der Waals surface area contributed by atoms with Crippen molar-refractivity contribution in [2.24, 2.45) is 0 Å². The van der Waals surface area contributed by atoms with Crippen molar-refractivity contribution in [3.63, 3.8) is 0 Å². The first-order valence-electron chi connectivity index (χ1n) is 4.45. The van der Waals surface area contributed by atoms with E-state index in [0.717, 1.165) is 13.1 Å². The summed E-state index contributed by atoms with van der Waals surface area (Å²) in [6, 6.07) is 0. The van der Waals surface area contributed by atoms with Crippen molar-refractivity contribution in [3.8, 4) is 0 Å². The third-order valence-corrected chi connectivity index (χ3v) is 2.18. The average Bonchev–Trinajstić information content (AvgIpc) is 2.65. The second kappa shape index (κ2) is 3.62. The van der Waals surface area contributed by atoms with Crippen molar-refractivity contribution in [1.82, 2.24) is 25.6 Å². The van der Waals surface area contributed by atoms with E-state index in [1.807, 2.05) is 0 Å². The Bertz CT molecular complexity index is 329. The summed E-state index contributed by atoms with van der Waals surface area (Å²) in [6.45, 7) is 2.99. The van der Waals surface area contributed by atoms with Gasteiger partial charge in [-0.05, 0) is 0 Å². The van der Waals surface area contributed by atoms with Crippen molar-refractivity contribution >= 4 is 11.7 Å². The van der Waals surface area contributed by atoms with Gasteiger partial charge < -0.3 is 16.0 Å². The van der Waals surface area contributed by atoms with Gasteiger partial charge in [-0.1, -0.05) is 0 Å². The van der Waals surface area contributed by atoms with Crippen LogP contribution in [0.15, 0.2) is 0 Å². The molecule has 0 aliphatic carbocycles. The highest BCUT2D eigenvalue weighted by atomic mass is 16.2. The summed E-state index contributed by atoms with van der Waals surface area (Å²) in [5.74, 6) is 0.00582. The summed E-state index contributed by atoms with van der Waals surface area (Å²) in [7, 11) is 0. The van der Waals surface area contributed by atoms with Gasteiger partial charge in [-0.2, -0.15) is 5.21 Å². The topological polar surface area (TPSA) is 99.9 Å². The number of hydrogen-bond donors (Lipinski definition) is 3. The van der Waals surface area contributed by atoms with Gasteiger partial charge in [-0.15, -0.1) is 10.2 Å². The molecule has 0 bridgehead atoms. The molecular formula is C7H12N6O. The summed E-state index contributed by atoms with van der Waals surface area (Å²) < 4.78 is 0. The van der Waals surface area contributed by atoms with Crippen LogP contribution in [0.2, 0.25) is 0 Å². The van der Waals surface area contributed by atoms with Gasteiger partial charge in [0, 0.05) is 26.2 Å². The highest BCUT2D eigenvalue weighted by molar-refractivity contribution is 5.96. The number of anilines is 1. The molecule has 76 valence electrons. The van der Waals surface area contributed by atoms with Gasteiger partial charge in [0.25, 0.3) is 5.91 Å². The molecule has 7 nitrogen and oxygen atoms in total. The molecule has 14 heavy (non-hydrogen) atoms. The summed E-state index contributed by atoms with van der Waals surface area (Å²) in [5.41, 5.74) is 5.69. The van der Waals surface area contributed by atoms with Crippen LogP contribution in [0.1, 0.15) is 10.5 Å². The molecule has 0 spiro atoms. The van der Waals surface area contributed by atoms with Crippen molar-refractivity contribution in [2.45, 2.75) is 0 Å².